The van der Waals surface area contributed by atoms with E-state index >= 15 is 0 Å². The Hall–Kier alpha value is -2.21. The first kappa shape index (κ1) is 17.1. The third-order valence-electron chi connectivity index (χ3n) is 3.91. The van der Waals surface area contributed by atoms with Gasteiger partial charge in [0.15, 0.2) is 0 Å². The molecule has 0 saturated carbocycles. The standard InChI is InChI=1S/C17H20FNO4/c1-22-16(20)12-4-7-14(19-10-12)6-3-11-9-13(18)5-8-15(11)17(21)23-2/h3,5-6,8-9,12,14,19H,4,7,10H2,1-2H3. The van der Waals surface area contributed by atoms with Gasteiger partial charge in [-0.25, -0.2) is 9.18 Å². The number of hydrogen-bond donors (Lipinski definition) is 1. The fraction of sp³-hybridized carbons (Fsp3) is 0.412. The Kier molecular flexibility index (Phi) is 5.87. The fourth-order valence-electron chi connectivity index (χ4n) is 2.60. The van der Waals surface area contributed by atoms with Gasteiger partial charge >= 0.3 is 11.9 Å². The predicted octanol–water partition coefficient (Wildman–Crippen LogP) is 2.17. The van der Waals surface area contributed by atoms with Gasteiger partial charge < -0.3 is 14.8 Å². The Labute approximate surface area is 134 Å². The van der Waals surface area contributed by atoms with Crippen molar-refractivity contribution in [1.29, 1.82) is 0 Å². The zero-order valence-corrected chi connectivity index (χ0v) is 13.2. The molecule has 1 aromatic carbocycles. The number of benzene rings is 1. The fourth-order valence-corrected chi connectivity index (χ4v) is 2.60. The van der Waals surface area contributed by atoms with Crippen molar-refractivity contribution in [1.82, 2.24) is 5.32 Å². The minimum absolute atomic E-state index is 0.0599. The maximum Gasteiger partial charge on any atom is 0.338 e. The van der Waals surface area contributed by atoms with Crippen LogP contribution in [0.4, 0.5) is 4.39 Å². The van der Waals surface area contributed by atoms with Gasteiger partial charge in [0, 0.05) is 12.6 Å². The Morgan fingerprint density at radius 1 is 1.26 bits per heavy atom. The second-order valence-electron chi connectivity index (χ2n) is 5.39. The molecule has 5 nitrogen and oxygen atoms in total. The van der Waals surface area contributed by atoms with Crippen molar-refractivity contribution in [2.45, 2.75) is 18.9 Å². The number of piperidine rings is 1. The van der Waals surface area contributed by atoms with Crippen LogP contribution in [0.5, 0.6) is 0 Å². The van der Waals surface area contributed by atoms with Crippen LogP contribution < -0.4 is 5.32 Å². The Morgan fingerprint density at radius 2 is 2.04 bits per heavy atom. The molecule has 1 aromatic rings. The molecule has 1 saturated heterocycles. The molecule has 0 aromatic heterocycles. The van der Waals surface area contributed by atoms with Crippen molar-refractivity contribution in [3.63, 3.8) is 0 Å². The average molecular weight is 321 g/mol. The summed E-state index contributed by atoms with van der Waals surface area (Å²) in [6.45, 7) is 0.536. The van der Waals surface area contributed by atoms with E-state index in [1.807, 2.05) is 6.08 Å². The molecule has 1 N–H and O–H groups in total. The summed E-state index contributed by atoms with van der Waals surface area (Å²) in [4.78, 5) is 23.2. The number of ether oxygens (including phenoxy) is 2. The highest BCUT2D eigenvalue weighted by molar-refractivity contribution is 5.93. The number of methoxy groups -OCH3 is 2. The molecule has 2 rings (SSSR count). The zero-order valence-electron chi connectivity index (χ0n) is 13.2. The van der Waals surface area contributed by atoms with Crippen LogP contribution in [0, 0.1) is 11.7 Å². The van der Waals surface area contributed by atoms with Crippen molar-refractivity contribution in [2.75, 3.05) is 20.8 Å². The highest BCUT2D eigenvalue weighted by Crippen LogP contribution is 2.19. The molecule has 1 aliphatic heterocycles. The third kappa shape index (κ3) is 4.39. The molecule has 0 bridgehead atoms. The van der Waals surface area contributed by atoms with Crippen molar-refractivity contribution in [3.8, 4) is 0 Å². The lowest BCUT2D eigenvalue weighted by atomic mass is 9.94. The number of carbonyl (C=O) groups is 2. The molecule has 0 radical (unpaired) electrons. The maximum absolute atomic E-state index is 13.4. The van der Waals surface area contributed by atoms with Gasteiger partial charge in [-0.05, 0) is 36.6 Å². The molecule has 2 unspecified atom stereocenters. The van der Waals surface area contributed by atoms with E-state index in [-0.39, 0.29) is 17.9 Å². The molecule has 0 spiro atoms. The van der Waals surface area contributed by atoms with E-state index in [4.69, 9.17) is 9.47 Å². The van der Waals surface area contributed by atoms with E-state index in [1.165, 1.54) is 32.4 Å². The topological polar surface area (TPSA) is 64.6 Å². The van der Waals surface area contributed by atoms with Gasteiger partial charge in [0.05, 0.1) is 25.7 Å². The summed E-state index contributed by atoms with van der Waals surface area (Å²) in [5.41, 5.74) is 0.780. The van der Waals surface area contributed by atoms with Gasteiger partial charge in [-0.2, -0.15) is 0 Å². The second-order valence-corrected chi connectivity index (χ2v) is 5.39. The third-order valence-corrected chi connectivity index (χ3v) is 3.91. The molecule has 124 valence electrons. The normalized spacial score (nSPS) is 21.2. The van der Waals surface area contributed by atoms with E-state index < -0.39 is 11.8 Å². The van der Waals surface area contributed by atoms with Gasteiger partial charge in [0.1, 0.15) is 5.82 Å². The highest BCUT2D eigenvalue weighted by Gasteiger charge is 2.25. The van der Waals surface area contributed by atoms with E-state index in [9.17, 15) is 14.0 Å². The summed E-state index contributed by atoms with van der Waals surface area (Å²) in [6, 6.07) is 3.99. The first-order valence-electron chi connectivity index (χ1n) is 7.42. The van der Waals surface area contributed by atoms with Crippen LogP contribution >= 0.6 is 0 Å². The van der Waals surface area contributed by atoms with E-state index in [0.29, 0.717) is 17.7 Å². The maximum atomic E-state index is 13.4. The van der Waals surface area contributed by atoms with Crippen molar-refractivity contribution < 1.29 is 23.5 Å². The van der Waals surface area contributed by atoms with E-state index in [2.05, 4.69) is 5.32 Å². The molecule has 2 atom stereocenters. The largest absolute Gasteiger partial charge is 0.469 e. The van der Waals surface area contributed by atoms with Crippen LogP contribution in [-0.4, -0.2) is 38.7 Å². The Bertz CT molecular complexity index is 607. The van der Waals surface area contributed by atoms with Crippen LogP contribution in [-0.2, 0) is 14.3 Å². The van der Waals surface area contributed by atoms with Crippen molar-refractivity contribution in [2.24, 2.45) is 5.92 Å². The SMILES string of the molecule is COC(=O)c1ccc(F)cc1C=CC1CCC(C(=O)OC)CN1. The van der Waals surface area contributed by atoms with Crippen molar-refractivity contribution >= 4 is 18.0 Å². The van der Waals surface area contributed by atoms with E-state index in [1.54, 1.807) is 6.08 Å². The second kappa shape index (κ2) is 7.87. The number of halogens is 1. The number of rotatable bonds is 4. The summed E-state index contributed by atoms with van der Waals surface area (Å²) < 4.78 is 22.8. The lowest BCUT2D eigenvalue weighted by molar-refractivity contribution is -0.146. The van der Waals surface area contributed by atoms with Gasteiger partial charge in [-0.1, -0.05) is 12.2 Å². The predicted molar refractivity (Wildman–Crippen MR) is 83.3 cm³/mol. The lowest BCUT2D eigenvalue weighted by Crippen LogP contribution is -2.40. The summed E-state index contributed by atoms with van der Waals surface area (Å²) in [5.74, 6) is -1.27. The molecular formula is C17H20FNO4. The van der Waals surface area contributed by atoms with Crippen LogP contribution in [0.2, 0.25) is 0 Å². The molecule has 1 aliphatic rings. The minimum Gasteiger partial charge on any atom is -0.469 e. The van der Waals surface area contributed by atoms with Gasteiger partial charge in [-0.15, -0.1) is 0 Å². The van der Waals surface area contributed by atoms with Crippen LogP contribution in [0.3, 0.4) is 0 Å². The number of carbonyl (C=O) groups excluding carboxylic acids is 2. The summed E-state index contributed by atoms with van der Waals surface area (Å²) in [7, 11) is 2.67. The monoisotopic (exact) mass is 321 g/mol. The number of hydrogen-bond acceptors (Lipinski definition) is 5. The average Bonchev–Trinajstić information content (AvgIpc) is 2.59. The van der Waals surface area contributed by atoms with Crippen LogP contribution in [0.1, 0.15) is 28.8 Å². The molecule has 1 heterocycles. The van der Waals surface area contributed by atoms with Gasteiger partial charge in [0.2, 0.25) is 0 Å². The lowest BCUT2D eigenvalue weighted by Gasteiger charge is -2.26. The first-order valence-corrected chi connectivity index (χ1v) is 7.42. The van der Waals surface area contributed by atoms with Crippen molar-refractivity contribution in [3.05, 3.63) is 41.2 Å². The molecule has 0 aliphatic carbocycles. The van der Waals surface area contributed by atoms with Crippen LogP contribution in [0.25, 0.3) is 6.08 Å². The minimum atomic E-state index is -0.507. The smallest absolute Gasteiger partial charge is 0.338 e. The Morgan fingerprint density at radius 3 is 2.65 bits per heavy atom. The molecule has 1 fully saturated rings. The molecule has 0 amide bonds. The van der Waals surface area contributed by atoms with Gasteiger partial charge in [-0.3, -0.25) is 4.79 Å². The number of esters is 2. The zero-order chi connectivity index (χ0) is 16.8. The molecule has 23 heavy (non-hydrogen) atoms. The van der Waals surface area contributed by atoms with E-state index in [0.717, 1.165) is 12.8 Å². The summed E-state index contributed by atoms with van der Waals surface area (Å²) in [5, 5.41) is 3.23. The quantitative estimate of drug-likeness (QED) is 0.861. The first-order chi connectivity index (χ1) is 11.0. The Balaban J connectivity index is 2.05. The summed E-state index contributed by atoms with van der Waals surface area (Å²) >= 11 is 0. The van der Waals surface area contributed by atoms with Crippen LogP contribution in [0.15, 0.2) is 24.3 Å². The highest BCUT2D eigenvalue weighted by atomic mass is 19.1. The number of nitrogens with one attached hydrogen (secondary N) is 1. The molecule has 6 heteroatoms. The molecular weight excluding hydrogens is 301 g/mol. The van der Waals surface area contributed by atoms with Gasteiger partial charge in [0.25, 0.3) is 0 Å². The summed E-state index contributed by atoms with van der Waals surface area (Å²) in [6.07, 6.45) is 5.06.